The van der Waals surface area contributed by atoms with Crippen LogP contribution in [0.15, 0.2) is 28.8 Å². The molecule has 0 spiro atoms. The van der Waals surface area contributed by atoms with Gasteiger partial charge in [-0.25, -0.2) is 0 Å². The first-order valence-corrected chi connectivity index (χ1v) is 11.7. The van der Waals surface area contributed by atoms with Gasteiger partial charge in [0.1, 0.15) is 0 Å². The number of benzene rings is 1. The molecule has 1 fully saturated rings. The number of likely N-dealkylation sites (N-methyl/N-ethyl adjacent to an activating group) is 1. The lowest BCUT2D eigenvalue weighted by Gasteiger charge is -2.25. The van der Waals surface area contributed by atoms with Crippen LogP contribution < -0.4 is 0 Å². The van der Waals surface area contributed by atoms with E-state index in [1.807, 2.05) is 35.8 Å². The lowest BCUT2D eigenvalue weighted by molar-refractivity contribution is -0.132. The molecule has 1 aromatic heterocycles. The number of halogens is 1. The maximum atomic E-state index is 12.7. The molecule has 2 amide bonds. The smallest absolute Gasteiger partial charge is 0.236 e. The van der Waals surface area contributed by atoms with Crippen molar-refractivity contribution in [2.45, 2.75) is 39.5 Å². The van der Waals surface area contributed by atoms with Crippen molar-refractivity contribution in [3.8, 4) is 11.4 Å². The van der Waals surface area contributed by atoms with E-state index in [4.69, 9.17) is 16.1 Å². The monoisotopic (exact) mass is 461 g/mol. The van der Waals surface area contributed by atoms with Crippen LogP contribution in [0.25, 0.3) is 11.4 Å². The average molecular weight is 462 g/mol. The van der Waals surface area contributed by atoms with Crippen LogP contribution in [0.4, 0.5) is 0 Å². The second kappa shape index (κ2) is 12.0. The van der Waals surface area contributed by atoms with Crippen LogP contribution in [0.1, 0.15) is 39.0 Å². The maximum Gasteiger partial charge on any atom is 0.236 e. The van der Waals surface area contributed by atoms with Gasteiger partial charge in [0.15, 0.2) is 0 Å². The summed E-state index contributed by atoms with van der Waals surface area (Å²) in [5, 5.41) is 4.67. The van der Waals surface area contributed by atoms with Gasteiger partial charge in [0.25, 0.3) is 0 Å². The first kappa shape index (κ1) is 24.2. The minimum absolute atomic E-state index is 0.138. The zero-order valence-electron chi connectivity index (χ0n) is 18.9. The average Bonchev–Trinajstić information content (AvgIpc) is 3.13. The molecule has 1 aliphatic rings. The summed E-state index contributed by atoms with van der Waals surface area (Å²) in [5.41, 5.74) is 0.842. The minimum atomic E-state index is 0.138. The molecule has 0 N–H and O–H groups in total. The molecule has 0 unspecified atom stereocenters. The van der Waals surface area contributed by atoms with Gasteiger partial charge in [-0.3, -0.25) is 14.5 Å². The number of amides is 2. The van der Waals surface area contributed by atoms with E-state index in [9.17, 15) is 9.59 Å². The Kier molecular flexibility index (Phi) is 9.05. The van der Waals surface area contributed by atoms with Crippen LogP contribution in [0, 0.1) is 0 Å². The predicted octanol–water partition coefficient (Wildman–Crippen LogP) is 3.12. The van der Waals surface area contributed by atoms with E-state index < -0.39 is 0 Å². The summed E-state index contributed by atoms with van der Waals surface area (Å²) >= 11 is 5.91. The van der Waals surface area contributed by atoms with Crippen molar-refractivity contribution < 1.29 is 14.1 Å². The number of hydrogen-bond acceptors (Lipinski definition) is 6. The molecule has 0 atom stereocenters. The number of aryl methyl sites for hydroxylation is 1. The fraction of sp³-hybridized carbons (Fsp3) is 0.565. The highest BCUT2D eigenvalue weighted by Crippen LogP contribution is 2.19. The summed E-state index contributed by atoms with van der Waals surface area (Å²) in [4.78, 5) is 35.4. The van der Waals surface area contributed by atoms with E-state index in [0.717, 1.165) is 44.7 Å². The van der Waals surface area contributed by atoms with Gasteiger partial charge in [0, 0.05) is 62.7 Å². The van der Waals surface area contributed by atoms with Gasteiger partial charge in [-0.05, 0) is 51.0 Å². The van der Waals surface area contributed by atoms with Crippen molar-refractivity contribution in [1.29, 1.82) is 0 Å². The maximum absolute atomic E-state index is 12.7. The van der Waals surface area contributed by atoms with Crippen molar-refractivity contribution in [2.24, 2.45) is 0 Å². The molecule has 1 saturated heterocycles. The van der Waals surface area contributed by atoms with Gasteiger partial charge in [-0.1, -0.05) is 16.8 Å². The molecule has 1 aliphatic heterocycles. The Bertz CT molecular complexity index is 882. The summed E-state index contributed by atoms with van der Waals surface area (Å²) in [6.07, 6.45) is 2.54. The lowest BCUT2D eigenvalue weighted by Crippen LogP contribution is -2.42. The summed E-state index contributed by atoms with van der Waals surface area (Å²) in [5.74, 6) is 1.35. The van der Waals surface area contributed by atoms with Crippen molar-refractivity contribution in [1.82, 2.24) is 24.8 Å². The van der Waals surface area contributed by atoms with Gasteiger partial charge >= 0.3 is 0 Å². The molecule has 2 heterocycles. The molecule has 0 aliphatic carbocycles. The quantitative estimate of drug-likeness (QED) is 0.570. The minimum Gasteiger partial charge on any atom is -0.342 e. The molecule has 1 aromatic carbocycles. The lowest BCUT2D eigenvalue weighted by atomic mass is 10.2. The molecule has 0 bridgehead atoms. The number of hydrogen-bond donors (Lipinski definition) is 0. The zero-order chi connectivity index (χ0) is 22.9. The molecule has 8 nitrogen and oxygen atoms in total. The van der Waals surface area contributed by atoms with Crippen molar-refractivity contribution in [2.75, 3.05) is 45.8 Å². The highest BCUT2D eigenvalue weighted by Gasteiger charge is 2.21. The first-order chi connectivity index (χ1) is 15.5. The molecule has 9 heteroatoms. The Morgan fingerprint density at radius 2 is 1.84 bits per heavy atom. The van der Waals surface area contributed by atoms with Gasteiger partial charge in [0.2, 0.25) is 23.5 Å². The van der Waals surface area contributed by atoms with E-state index in [2.05, 4.69) is 15.0 Å². The van der Waals surface area contributed by atoms with Crippen LogP contribution in [-0.4, -0.2) is 82.5 Å². The van der Waals surface area contributed by atoms with Crippen LogP contribution in [-0.2, 0) is 16.0 Å². The second-order valence-electron chi connectivity index (χ2n) is 7.95. The third kappa shape index (κ3) is 6.77. The van der Waals surface area contributed by atoms with Gasteiger partial charge in [-0.2, -0.15) is 4.98 Å². The van der Waals surface area contributed by atoms with Gasteiger partial charge < -0.3 is 14.3 Å². The summed E-state index contributed by atoms with van der Waals surface area (Å²) in [7, 11) is 0. The molecule has 0 saturated carbocycles. The Morgan fingerprint density at radius 3 is 2.56 bits per heavy atom. The number of carbonyl (C=O) groups is 2. The van der Waals surface area contributed by atoms with Crippen LogP contribution in [0.2, 0.25) is 5.02 Å². The third-order valence-corrected chi connectivity index (χ3v) is 6.02. The largest absolute Gasteiger partial charge is 0.342 e. The van der Waals surface area contributed by atoms with E-state index in [1.54, 1.807) is 12.1 Å². The Hall–Kier alpha value is -2.45. The van der Waals surface area contributed by atoms with Gasteiger partial charge in [-0.15, -0.1) is 0 Å². The summed E-state index contributed by atoms with van der Waals surface area (Å²) < 4.78 is 5.32. The summed E-state index contributed by atoms with van der Waals surface area (Å²) in [6, 6.07) is 7.26. The molecule has 3 rings (SSSR count). The molecular formula is C23H32ClN5O3. The van der Waals surface area contributed by atoms with E-state index in [-0.39, 0.29) is 11.8 Å². The fourth-order valence-electron chi connectivity index (χ4n) is 3.87. The number of aromatic nitrogens is 2. The predicted molar refractivity (Wildman–Crippen MR) is 123 cm³/mol. The van der Waals surface area contributed by atoms with E-state index in [0.29, 0.717) is 49.1 Å². The molecule has 32 heavy (non-hydrogen) atoms. The molecule has 0 radical (unpaired) electrons. The van der Waals surface area contributed by atoms with Crippen LogP contribution >= 0.6 is 11.6 Å². The number of nitrogens with zero attached hydrogens (tertiary/aromatic N) is 5. The van der Waals surface area contributed by atoms with Gasteiger partial charge in [0.05, 0.1) is 6.54 Å². The molecule has 2 aromatic rings. The van der Waals surface area contributed by atoms with E-state index in [1.165, 1.54) is 0 Å². The standard InChI is InChI=1S/C23H32ClN5O3/c1-3-28(4-2)22(31)17-27-13-6-14-29(16-15-27)21(30)8-5-7-20-25-23(26-32-20)18-9-11-19(24)12-10-18/h9-12H,3-8,13-17H2,1-2H3. The summed E-state index contributed by atoms with van der Waals surface area (Å²) in [6.45, 7) is 8.84. The third-order valence-electron chi connectivity index (χ3n) is 5.77. The topological polar surface area (TPSA) is 82.8 Å². The molecule has 174 valence electrons. The Labute approximate surface area is 194 Å². The van der Waals surface area contributed by atoms with Crippen LogP contribution in [0.5, 0.6) is 0 Å². The van der Waals surface area contributed by atoms with Crippen molar-refractivity contribution >= 4 is 23.4 Å². The van der Waals surface area contributed by atoms with Crippen LogP contribution in [0.3, 0.4) is 0 Å². The highest BCUT2D eigenvalue weighted by molar-refractivity contribution is 6.30. The zero-order valence-corrected chi connectivity index (χ0v) is 19.7. The molecular weight excluding hydrogens is 430 g/mol. The Morgan fingerprint density at radius 1 is 1.09 bits per heavy atom. The SMILES string of the molecule is CCN(CC)C(=O)CN1CCCN(C(=O)CCCc2nc(-c3ccc(Cl)cc3)no2)CC1. The number of carbonyl (C=O) groups excluding carboxylic acids is 2. The first-order valence-electron chi connectivity index (χ1n) is 11.4. The fourth-order valence-corrected chi connectivity index (χ4v) is 3.99. The Balaban J connectivity index is 1.42. The van der Waals surface area contributed by atoms with E-state index >= 15 is 0 Å². The highest BCUT2D eigenvalue weighted by atomic mass is 35.5. The normalized spacial score (nSPS) is 14.9. The van der Waals surface area contributed by atoms with Crippen molar-refractivity contribution in [3.63, 3.8) is 0 Å². The number of rotatable bonds is 9. The van der Waals surface area contributed by atoms with Crippen molar-refractivity contribution in [3.05, 3.63) is 35.2 Å². The second-order valence-corrected chi connectivity index (χ2v) is 8.39.